The second kappa shape index (κ2) is 6.08. The third kappa shape index (κ3) is 3.58. The Morgan fingerprint density at radius 3 is 2.76 bits per heavy atom. The summed E-state index contributed by atoms with van der Waals surface area (Å²) in [5.74, 6) is -0.0693. The molecule has 2 aromatic rings. The fourth-order valence-corrected chi connectivity index (χ4v) is 3.24. The van der Waals surface area contributed by atoms with Gasteiger partial charge < -0.3 is 0 Å². The molecule has 1 aromatic carbocycles. The lowest BCUT2D eigenvalue weighted by Gasteiger charge is -2.10. The molecule has 0 unspecified atom stereocenters. The highest BCUT2D eigenvalue weighted by atomic mass is 35.5. The van der Waals surface area contributed by atoms with Gasteiger partial charge in [-0.25, -0.2) is 18.1 Å². The molecule has 5 nitrogen and oxygen atoms in total. The van der Waals surface area contributed by atoms with Crippen LogP contribution in [0.1, 0.15) is 17.9 Å². The number of rotatable bonds is 5. The first-order valence-electron chi connectivity index (χ1n) is 5.87. The maximum atomic E-state index is 12.6. The van der Waals surface area contributed by atoms with E-state index >= 15 is 0 Å². The molecule has 0 amide bonds. The number of hydrogen-bond acceptors (Lipinski definition) is 3. The number of hydrogen-bond donors (Lipinski definition) is 1. The summed E-state index contributed by atoms with van der Waals surface area (Å²) in [6.07, 6.45) is 2.27. The lowest BCUT2D eigenvalue weighted by atomic mass is 10.2. The van der Waals surface area contributed by atoms with Gasteiger partial charge in [0.25, 0.3) is 0 Å². The zero-order chi connectivity index (χ0) is 15.6. The first-order chi connectivity index (χ1) is 9.81. The van der Waals surface area contributed by atoms with E-state index in [1.165, 1.54) is 24.4 Å². The van der Waals surface area contributed by atoms with Gasteiger partial charge in [0.2, 0.25) is 10.0 Å². The minimum Gasteiger partial charge on any atom is -0.277 e. The molecular formula is C12H12ClF2N3O2S. The molecule has 1 aromatic heterocycles. The van der Waals surface area contributed by atoms with Gasteiger partial charge in [0.15, 0.2) is 0 Å². The van der Waals surface area contributed by atoms with Crippen molar-refractivity contribution in [2.45, 2.75) is 24.9 Å². The van der Waals surface area contributed by atoms with Crippen molar-refractivity contribution in [1.82, 2.24) is 14.3 Å². The van der Waals surface area contributed by atoms with Crippen molar-refractivity contribution in [3.05, 3.63) is 47.0 Å². The Kier molecular flexibility index (Phi) is 4.60. The summed E-state index contributed by atoms with van der Waals surface area (Å²) in [5, 5.41) is 0.416. The molecule has 114 valence electrons. The molecule has 2 rings (SSSR count). The van der Waals surface area contributed by atoms with Crippen LogP contribution in [0.2, 0.25) is 5.02 Å². The Labute approximate surface area is 125 Å². The Morgan fingerprint density at radius 2 is 2.14 bits per heavy atom. The minimum absolute atomic E-state index is 0.0436. The number of aryl methyl sites for hydroxylation is 1. The Hall–Kier alpha value is -1.51. The van der Waals surface area contributed by atoms with E-state index in [4.69, 9.17) is 11.6 Å². The number of nitrogens with one attached hydrogen (secondary N) is 1. The maximum Gasteiger partial charge on any atom is 0.319 e. The molecule has 0 radical (unpaired) electrons. The van der Waals surface area contributed by atoms with Gasteiger partial charge in [-0.05, 0) is 30.7 Å². The molecule has 0 aliphatic rings. The largest absolute Gasteiger partial charge is 0.319 e. The van der Waals surface area contributed by atoms with Crippen LogP contribution < -0.4 is 4.72 Å². The Morgan fingerprint density at radius 1 is 1.43 bits per heavy atom. The number of halogens is 3. The predicted molar refractivity (Wildman–Crippen MR) is 73.7 cm³/mol. The standard InChI is InChI=1S/C12H12ClF2N3O2S/c1-8-6-9(13)2-3-10(8)21(19,20)17-7-11-16-4-5-18(11)12(14)15/h2-6,12,17H,7H2,1H3. The third-order valence-electron chi connectivity index (χ3n) is 2.81. The first-order valence-corrected chi connectivity index (χ1v) is 7.73. The highest BCUT2D eigenvalue weighted by Gasteiger charge is 2.19. The second-order valence-corrected chi connectivity index (χ2v) is 6.43. The highest BCUT2D eigenvalue weighted by molar-refractivity contribution is 7.89. The Bertz CT molecular complexity index is 747. The summed E-state index contributed by atoms with van der Waals surface area (Å²) >= 11 is 5.77. The molecule has 1 heterocycles. The summed E-state index contributed by atoms with van der Waals surface area (Å²) in [4.78, 5) is 3.75. The molecule has 0 fully saturated rings. The summed E-state index contributed by atoms with van der Waals surface area (Å²) in [6.45, 7) is -1.51. The second-order valence-electron chi connectivity index (χ2n) is 4.26. The molecule has 0 saturated carbocycles. The van der Waals surface area contributed by atoms with Gasteiger partial charge in [-0.15, -0.1) is 0 Å². The minimum atomic E-state index is -3.83. The lowest BCUT2D eigenvalue weighted by Crippen LogP contribution is -2.25. The molecule has 0 saturated heterocycles. The quantitative estimate of drug-likeness (QED) is 0.913. The van der Waals surface area contributed by atoms with Gasteiger partial charge in [-0.2, -0.15) is 8.78 Å². The molecule has 0 atom stereocenters. The fraction of sp³-hybridized carbons (Fsp3) is 0.250. The average Bonchev–Trinajstić information content (AvgIpc) is 2.84. The number of aromatic nitrogens is 2. The van der Waals surface area contributed by atoms with E-state index < -0.39 is 16.6 Å². The zero-order valence-corrected chi connectivity index (χ0v) is 12.5. The molecule has 0 aliphatic carbocycles. The fourth-order valence-electron chi connectivity index (χ4n) is 1.81. The van der Waals surface area contributed by atoms with E-state index in [0.717, 1.165) is 6.20 Å². The van der Waals surface area contributed by atoms with Gasteiger partial charge in [0.1, 0.15) is 5.82 Å². The molecule has 21 heavy (non-hydrogen) atoms. The van der Waals surface area contributed by atoms with E-state index in [2.05, 4.69) is 9.71 Å². The monoisotopic (exact) mass is 335 g/mol. The smallest absolute Gasteiger partial charge is 0.277 e. The number of imidazole rings is 1. The normalized spacial score (nSPS) is 12.0. The van der Waals surface area contributed by atoms with Gasteiger partial charge in [0.05, 0.1) is 11.4 Å². The number of nitrogens with zero attached hydrogens (tertiary/aromatic N) is 2. The molecule has 1 N–H and O–H groups in total. The van der Waals surface area contributed by atoms with E-state index in [-0.39, 0.29) is 17.3 Å². The molecule has 0 spiro atoms. The van der Waals surface area contributed by atoms with Crippen LogP contribution in [0, 0.1) is 6.92 Å². The van der Waals surface area contributed by atoms with Gasteiger partial charge in [0, 0.05) is 17.4 Å². The van der Waals surface area contributed by atoms with Gasteiger partial charge in [-0.1, -0.05) is 11.6 Å². The molecule has 0 aliphatic heterocycles. The topological polar surface area (TPSA) is 64.0 Å². The predicted octanol–water partition coefficient (Wildman–Crippen LogP) is 2.72. The number of benzene rings is 1. The lowest BCUT2D eigenvalue weighted by molar-refractivity contribution is 0.0669. The van der Waals surface area contributed by atoms with Crippen LogP contribution >= 0.6 is 11.6 Å². The third-order valence-corrected chi connectivity index (χ3v) is 4.60. The average molecular weight is 336 g/mol. The van der Waals surface area contributed by atoms with Crippen LogP contribution in [0.15, 0.2) is 35.5 Å². The highest BCUT2D eigenvalue weighted by Crippen LogP contribution is 2.20. The first kappa shape index (κ1) is 15.9. The Balaban J connectivity index is 2.20. The summed E-state index contributed by atoms with van der Waals surface area (Å²) in [6, 6.07) is 4.32. The van der Waals surface area contributed by atoms with Crippen LogP contribution in [0.3, 0.4) is 0 Å². The van der Waals surface area contributed by atoms with Crippen LogP contribution in [-0.2, 0) is 16.6 Å². The van der Waals surface area contributed by atoms with Crippen LogP contribution in [-0.4, -0.2) is 18.0 Å². The summed E-state index contributed by atoms with van der Waals surface area (Å²) < 4.78 is 52.5. The van der Waals surface area contributed by atoms with Gasteiger partial charge in [-0.3, -0.25) is 4.57 Å². The molecular weight excluding hydrogens is 324 g/mol. The van der Waals surface area contributed by atoms with Crippen molar-refractivity contribution < 1.29 is 17.2 Å². The van der Waals surface area contributed by atoms with E-state index in [9.17, 15) is 17.2 Å². The van der Waals surface area contributed by atoms with Crippen molar-refractivity contribution in [2.75, 3.05) is 0 Å². The van der Waals surface area contributed by atoms with Crippen molar-refractivity contribution in [2.24, 2.45) is 0 Å². The maximum absolute atomic E-state index is 12.6. The van der Waals surface area contributed by atoms with Crippen molar-refractivity contribution >= 4 is 21.6 Å². The van der Waals surface area contributed by atoms with Crippen molar-refractivity contribution in [3.8, 4) is 0 Å². The zero-order valence-electron chi connectivity index (χ0n) is 10.9. The van der Waals surface area contributed by atoms with E-state index in [0.29, 0.717) is 15.2 Å². The van der Waals surface area contributed by atoms with E-state index in [1.54, 1.807) is 6.92 Å². The van der Waals surface area contributed by atoms with Gasteiger partial charge >= 0.3 is 6.55 Å². The van der Waals surface area contributed by atoms with Crippen molar-refractivity contribution in [3.63, 3.8) is 0 Å². The number of sulfonamides is 1. The molecule has 0 bridgehead atoms. The summed E-state index contributed by atoms with van der Waals surface area (Å²) in [7, 11) is -3.83. The number of alkyl halides is 2. The van der Waals surface area contributed by atoms with E-state index in [1.807, 2.05) is 0 Å². The van der Waals surface area contributed by atoms with Crippen LogP contribution in [0.25, 0.3) is 0 Å². The van der Waals surface area contributed by atoms with Crippen LogP contribution in [0.4, 0.5) is 8.78 Å². The van der Waals surface area contributed by atoms with Crippen molar-refractivity contribution in [1.29, 1.82) is 0 Å². The summed E-state index contributed by atoms with van der Waals surface area (Å²) in [5.41, 5.74) is 0.465. The van der Waals surface area contributed by atoms with Crippen LogP contribution in [0.5, 0.6) is 0 Å². The SMILES string of the molecule is Cc1cc(Cl)ccc1S(=O)(=O)NCc1nccn1C(F)F. The molecule has 9 heteroatoms.